The maximum Gasteiger partial charge on any atom is 0.149 e. The third-order valence-electron chi connectivity index (χ3n) is 2.97. The Hall–Kier alpha value is -1.97. The fraction of sp³-hybridized carbons (Fsp3) is 0.200. The topological polar surface area (TPSA) is 12.0 Å². The highest BCUT2D eigenvalue weighted by Gasteiger charge is 2.17. The third kappa shape index (κ3) is 2.89. The fourth-order valence-electron chi connectivity index (χ4n) is 1.97. The van der Waals surface area contributed by atoms with Gasteiger partial charge in [0.05, 0.1) is 6.04 Å². The quantitative estimate of drug-likeness (QED) is 0.847. The molecule has 0 spiro atoms. The molecule has 0 saturated heterocycles. The molecule has 1 N–H and O–H groups in total. The van der Waals surface area contributed by atoms with Gasteiger partial charge >= 0.3 is 0 Å². The summed E-state index contributed by atoms with van der Waals surface area (Å²) >= 11 is 0. The Morgan fingerprint density at radius 3 is 2.05 bits per heavy atom. The van der Waals surface area contributed by atoms with Crippen LogP contribution in [0.3, 0.4) is 0 Å². The first-order chi connectivity index (χ1) is 9.13. The van der Waals surface area contributed by atoms with Crippen LogP contribution in [0, 0.1) is 17.5 Å². The molecule has 4 heteroatoms. The fourth-order valence-corrected chi connectivity index (χ4v) is 1.97. The second-order valence-electron chi connectivity index (χ2n) is 4.22. The van der Waals surface area contributed by atoms with Crippen LogP contribution in [0.15, 0.2) is 42.5 Å². The van der Waals surface area contributed by atoms with Crippen LogP contribution < -0.4 is 5.32 Å². The Morgan fingerprint density at radius 2 is 1.47 bits per heavy atom. The molecular weight excluding hydrogens is 251 g/mol. The van der Waals surface area contributed by atoms with Crippen molar-refractivity contribution in [1.82, 2.24) is 0 Å². The molecule has 0 bridgehead atoms. The standard InChI is InChI=1S/C15H14F3N/c1-2-14(10-6-3-4-7-11(10)16)19-15-12(17)8-5-9-13(15)18/h3-9,14,19H,2H2,1H3. The first-order valence-corrected chi connectivity index (χ1v) is 6.08. The van der Waals surface area contributed by atoms with Gasteiger partial charge in [0.1, 0.15) is 23.1 Å². The monoisotopic (exact) mass is 265 g/mol. The maximum absolute atomic E-state index is 13.7. The van der Waals surface area contributed by atoms with Gasteiger partial charge in [-0.15, -0.1) is 0 Å². The molecule has 1 atom stereocenters. The number of benzene rings is 2. The molecule has 19 heavy (non-hydrogen) atoms. The smallest absolute Gasteiger partial charge is 0.149 e. The SMILES string of the molecule is CCC(Nc1c(F)cccc1F)c1ccccc1F. The maximum atomic E-state index is 13.7. The van der Waals surface area contributed by atoms with E-state index in [9.17, 15) is 13.2 Å². The lowest BCUT2D eigenvalue weighted by molar-refractivity contribution is 0.566. The van der Waals surface area contributed by atoms with Crippen molar-refractivity contribution in [2.45, 2.75) is 19.4 Å². The number of hydrogen-bond acceptors (Lipinski definition) is 1. The molecule has 0 aromatic heterocycles. The summed E-state index contributed by atoms with van der Waals surface area (Å²) in [5.41, 5.74) is 0.172. The molecule has 0 heterocycles. The molecular formula is C15H14F3N. The number of rotatable bonds is 4. The molecule has 2 aromatic rings. The summed E-state index contributed by atoms with van der Waals surface area (Å²) in [6.45, 7) is 1.82. The molecule has 0 aliphatic carbocycles. The van der Waals surface area contributed by atoms with Crippen molar-refractivity contribution in [2.75, 3.05) is 5.32 Å². The zero-order valence-electron chi connectivity index (χ0n) is 10.5. The van der Waals surface area contributed by atoms with Crippen LogP contribution in [0.5, 0.6) is 0 Å². The van der Waals surface area contributed by atoms with Gasteiger partial charge in [-0.05, 0) is 24.6 Å². The van der Waals surface area contributed by atoms with Gasteiger partial charge in [-0.2, -0.15) is 0 Å². The summed E-state index contributed by atoms with van der Waals surface area (Å²) in [5, 5.41) is 2.73. The van der Waals surface area contributed by atoms with E-state index >= 15 is 0 Å². The van der Waals surface area contributed by atoms with E-state index in [1.165, 1.54) is 24.3 Å². The first kappa shape index (κ1) is 13.5. The number of nitrogens with one attached hydrogen (secondary N) is 1. The van der Waals surface area contributed by atoms with Crippen molar-refractivity contribution >= 4 is 5.69 Å². The number of hydrogen-bond donors (Lipinski definition) is 1. The summed E-state index contributed by atoms with van der Waals surface area (Å²) in [7, 11) is 0. The zero-order valence-corrected chi connectivity index (χ0v) is 10.5. The second kappa shape index (κ2) is 5.78. The van der Waals surface area contributed by atoms with Crippen molar-refractivity contribution in [3.8, 4) is 0 Å². The molecule has 2 aromatic carbocycles. The lowest BCUT2D eigenvalue weighted by Crippen LogP contribution is -2.13. The van der Waals surface area contributed by atoms with Crippen LogP contribution in [-0.2, 0) is 0 Å². The largest absolute Gasteiger partial charge is 0.373 e. The summed E-state index contributed by atoms with van der Waals surface area (Å²) in [6.07, 6.45) is 0.509. The molecule has 1 nitrogen and oxygen atoms in total. The Kier molecular flexibility index (Phi) is 4.10. The molecule has 1 unspecified atom stereocenters. The van der Waals surface area contributed by atoms with E-state index in [4.69, 9.17) is 0 Å². The second-order valence-corrected chi connectivity index (χ2v) is 4.22. The summed E-state index contributed by atoms with van der Waals surface area (Å²) in [5.74, 6) is -1.76. The summed E-state index contributed by atoms with van der Waals surface area (Å²) < 4.78 is 40.8. The summed E-state index contributed by atoms with van der Waals surface area (Å²) in [6, 6.07) is 9.36. The van der Waals surface area contributed by atoms with E-state index in [2.05, 4.69) is 5.32 Å². The predicted octanol–water partition coefficient (Wildman–Crippen LogP) is 4.67. The van der Waals surface area contributed by atoms with E-state index in [1.807, 2.05) is 6.92 Å². The van der Waals surface area contributed by atoms with Gasteiger partial charge in [0, 0.05) is 5.56 Å². The normalized spacial score (nSPS) is 12.2. The highest BCUT2D eigenvalue weighted by atomic mass is 19.1. The van der Waals surface area contributed by atoms with Crippen molar-refractivity contribution in [1.29, 1.82) is 0 Å². The van der Waals surface area contributed by atoms with Crippen LogP contribution >= 0.6 is 0 Å². The van der Waals surface area contributed by atoms with Gasteiger partial charge in [0.15, 0.2) is 0 Å². The van der Waals surface area contributed by atoms with Crippen LogP contribution in [-0.4, -0.2) is 0 Å². The number of para-hydroxylation sites is 1. The number of halogens is 3. The van der Waals surface area contributed by atoms with Crippen LogP contribution in [0.2, 0.25) is 0 Å². The van der Waals surface area contributed by atoms with E-state index < -0.39 is 23.5 Å². The minimum Gasteiger partial charge on any atom is -0.373 e. The molecule has 0 aliphatic heterocycles. The van der Waals surface area contributed by atoms with Crippen LogP contribution in [0.1, 0.15) is 24.9 Å². The predicted molar refractivity (Wildman–Crippen MR) is 69.4 cm³/mol. The molecule has 0 radical (unpaired) electrons. The van der Waals surface area contributed by atoms with Crippen molar-refractivity contribution in [3.05, 3.63) is 65.5 Å². The minimum atomic E-state index is -0.685. The van der Waals surface area contributed by atoms with Gasteiger partial charge < -0.3 is 5.32 Å². The first-order valence-electron chi connectivity index (χ1n) is 6.08. The summed E-state index contributed by atoms with van der Waals surface area (Å²) in [4.78, 5) is 0. The average Bonchev–Trinajstić information content (AvgIpc) is 2.40. The lowest BCUT2D eigenvalue weighted by atomic mass is 10.0. The van der Waals surface area contributed by atoms with Crippen molar-refractivity contribution < 1.29 is 13.2 Å². The Morgan fingerprint density at radius 1 is 0.895 bits per heavy atom. The van der Waals surface area contributed by atoms with Crippen molar-refractivity contribution in [2.24, 2.45) is 0 Å². The Bertz CT molecular complexity index is 549. The van der Waals surface area contributed by atoms with E-state index in [0.717, 1.165) is 0 Å². The van der Waals surface area contributed by atoms with E-state index in [-0.39, 0.29) is 5.69 Å². The van der Waals surface area contributed by atoms with Crippen molar-refractivity contribution in [3.63, 3.8) is 0 Å². The highest BCUT2D eigenvalue weighted by Crippen LogP contribution is 2.27. The Labute approximate surface area is 110 Å². The third-order valence-corrected chi connectivity index (χ3v) is 2.97. The lowest BCUT2D eigenvalue weighted by Gasteiger charge is -2.20. The molecule has 100 valence electrons. The molecule has 0 aliphatic rings. The zero-order chi connectivity index (χ0) is 13.8. The molecule has 0 amide bonds. The Balaban J connectivity index is 2.32. The average molecular weight is 265 g/mol. The van der Waals surface area contributed by atoms with Gasteiger partial charge in [0.2, 0.25) is 0 Å². The number of anilines is 1. The molecule has 0 fully saturated rings. The molecule has 0 saturated carbocycles. The minimum absolute atomic E-state index is 0.224. The van der Waals surface area contributed by atoms with Crippen LogP contribution in [0.4, 0.5) is 18.9 Å². The van der Waals surface area contributed by atoms with Gasteiger partial charge in [-0.25, -0.2) is 13.2 Å². The molecule has 2 rings (SSSR count). The highest BCUT2D eigenvalue weighted by molar-refractivity contribution is 5.48. The van der Waals surface area contributed by atoms with Gasteiger partial charge in [0.25, 0.3) is 0 Å². The van der Waals surface area contributed by atoms with Gasteiger partial charge in [-0.3, -0.25) is 0 Å². The van der Waals surface area contributed by atoms with Gasteiger partial charge in [-0.1, -0.05) is 31.2 Å². The van der Waals surface area contributed by atoms with E-state index in [1.54, 1.807) is 18.2 Å². The van der Waals surface area contributed by atoms with E-state index in [0.29, 0.717) is 12.0 Å². The van der Waals surface area contributed by atoms with Crippen LogP contribution in [0.25, 0.3) is 0 Å².